The van der Waals surface area contributed by atoms with Gasteiger partial charge in [-0.15, -0.1) is 0 Å². The number of nitrogens with two attached hydrogens (primary N) is 1. The molecule has 0 radical (unpaired) electrons. The largest absolute Gasteiger partial charge is 0.383 e. The normalized spacial score (nSPS) is 15.0. The molecular weight excluding hydrogens is 312 g/mol. The summed E-state index contributed by atoms with van der Waals surface area (Å²) in [6.45, 7) is 0. The molecule has 0 atom stereocenters. The van der Waals surface area contributed by atoms with E-state index in [0.717, 1.165) is 10.6 Å². The van der Waals surface area contributed by atoms with E-state index in [9.17, 15) is 4.79 Å². The number of nitrogen functional groups attached to an aromatic ring is 1. The molecule has 1 aliphatic rings. The molecule has 2 N–H and O–H groups in total. The van der Waals surface area contributed by atoms with E-state index < -0.39 is 5.56 Å². The number of nitrogens with zero attached hydrogens (tertiary/aromatic N) is 5. The van der Waals surface area contributed by atoms with Crippen LogP contribution in [0.1, 0.15) is 5.56 Å². The maximum absolute atomic E-state index is 12.2. The highest BCUT2D eigenvalue weighted by Gasteiger charge is 2.14. The van der Waals surface area contributed by atoms with Gasteiger partial charge in [0, 0.05) is 24.2 Å². The Labute approximate surface area is 134 Å². The molecule has 0 spiro atoms. The van der Waals surface area contributed by atoms with Gasteiger partial charge < -0.3 is 5.73 Å². The van der Waals surface area contributed by atoms with Crippen LogP contribution >= 0.6 is 11.3 Å². The lowest BCUT2D eigenvalue weighted by atomic mass is 10.2. The van der Waals surface area contributed by atoms with Gasteiger partial charge in [0.05, 0.1) is 11.3 Å². The van der Waals surface area contributed by atoms with Crippen LogP contribution in [0.4, 0.5) is 5.82 Å². The highest BCUT2D eigenvalue weighted by atomic mass is 32.1. The Morgan fingerprint density at radius 2 is 2.09 bits per heavy atom. The molecule has 7 nitrogen and oxygen atoms in total. The van der Waals surface area contributed by atoms with Gasteiger partial charge >= 0.3 is 0 Å². The van der Waals surface area contributed by atoms with E-state index in [1.807, 2.05) is 12.1 Å². The van der Waals surface area contributed by atoms with Gasteiger partial charge in [0.25, 0.3) is 5.56 Å². The zero-order valence-electron chi connectivity index (χ0n) is 11.7. The summed E-state index contributed by atoms with van der Waals surface area (Å²) in [6, 6.07) is 3.68. The number of hydrogen-bond donors (Lipinski definition) is 1. The molecule has 0 amide bonds. The van der Waals surface area contributed by atoms with E-state index in [-0.39, 0.29) is 11.4 Å². The SMILES string of the molecule is Nc1c(C=C2C=CC=N2)c(=O)nc2sc(-c3ccncc3)nn12. The lowest BCUT2D eigenvalue weighted by molar-refractivity contribution is 0.944. The third-order valence-corrected chi connectivity index (χ3v) is 4.25. The molecule has 4 heterocycles. The molecule has 0 saturated carbocycles. The van der Waals surface area contributed by atoms with Crippen molar-refractivity contribution >= 4 is 34.4 Å². The number of anilines is 1. The van der Waals surface area contributed by atoms with Gasteiger partial charge in [0.1, 0.15) is 10.8 Å². The number of aliphatic imine (C=N–C) groups is 1. The summed E-state index contributed by atoms with van der Waals surface area (Å²) in [6.07, 6.45) is 10.2. The molecule has 0 aromatic carbocycles. The molecular formula is C15H10N6OS. The third-order valence-electron chi connectivity index (χ3n) is 3.29. The smallest absolute Gasteiger partial charge is 0.283 e. The molecule has 0 fully saturated rings. The first-order chi connectivity index (χ1) is 11.2. The van der Waals surface area contributed by atoms with Crippen LogP contribution < -0.4 is 11.3 Å². The van der Waals surface area contributed by atoms with Gasteiger partial charge in [-0.1, -0.05) is 11.3 Å². The monoisotopic (exact) mass is 322 g/mol. The minimum atomic E-state index is -0.393. The van der Waals surface area contributed by atoms with Crippen LogP contribution in [-0.4, -0.2) is 25.8 Å². The fourth-order valence-corrected chi connectivity index (χ4v) is 3.08. The first-order valence-corrected chi connectivity index (χ1v) is 7.56. The highest BCUT2D eigenvalue weighted by Crippen LogP contribution is 2.26. The fraction of sp³-hybridized carbons (Fsp3) is 0. The van der Waals surface area contributed by atoms with Crippen LogP contribution in [0.25, 0.3) is 21.6 Å². The summed E-state index contributed by atoms with van der Waals surface area (Å²) < 4.78 is 1.48. The van der Waals surface area contributed by atoms with Crippen molar-refractivity contribution in [2.75, 3.05) is 5.73 Å². The van der Waals surface area contributed by atoms with Crippen molar-refractivity contribution in [3.05, 3.63) is 58.3 Å². The molecule has 112 valence electrons. The van der Waals surface area contributed by atoms with E-state index in [4.69, 9.17) is 5.73 Å². The molecule has 0 unspecified atom stereocenters. The van der Waals surface area contributed by atoms with Crippen molar-refractivity contribution in [1.29, 1.82) is 0 Å². The zero-order valence-corrected chi connectivity index (χ0v) is 12.6. The van der Waals surface area contributed by atoms with E-state index in [0.29, 0.717) is 10.7 Å². The van der Waals surface area contributed by atoms with Gasteiger partial charge in [-0.05, 0) is 30.4 Å². The minimum Gasteiger partial charge on any atom is -0.383 e. The Hall–Kier alpha value is -3.13. The number of allylic oxidation sites excluding steroid dienone is 2. The zero-order chi connectivity index (χ0) is 15.8. The molecule has 4 rings (SSSR count). The maximum Gasteiger partial charge on any atom is 0.283 e. The Morgan fingerprint density at radius 3 is 2.83 bits per heavy atom. The van der Waals surface area contributed by atoms with Crippen molar-refractivity contribution in [2.24, 2.45) is 4.99 Å². The molecule has 3 aromatic heterocycles. The quantitative estimate of drug-likeness (QED) is 0.775. The first kappa shape index (κ1) is 13.5. The lowest BCUT2D eigenvalue weighted by Crippen LogP contribution is -2.16. The fourth-order valence-electron chi connectivity index (χ4n) is 2.18. The van der Waals surface area contributed by atoms with Crippen LogP contribution in [0.3, 0.4) is 0 Å². The molecule has 1 aliphatic heterocycles. The molecule has 0 saturated heterocycles. The predicted molar refractivity (Wildman–Crippen MR) is 90.4 cm³/mol. The highest BCUT2D eigenvalue weighted by molar-refractivity contribution is 7.19. The summed E-state index contributed by atoms with van der Waals surface area (Å²) in [5.74, 6) is 0.250. The van der Waals surface area contributed by atoms with Crippen LogP contribution in [0, 0.1) is 0 Å². The standard InChI is InChI=1S/C15H10N6OS/c16-12-11(8-10-2-1-5-18-10)13(22)19-15-21(12)20-14(23-15)9-3-6-17-7-4-9/h1-8H,16H2. The summed E-state index contributed by atoms with van der Waals surface area (Å²) in [5, 5.41) is 5.17. The number of aromatic nitrogens is 4. The van der Waals surface area contributed by atoms with Gasteiger partial charge in [0.15, 0.2) is 0 Å². The minimum absolute atomic E-state index is 0.250. The summed E-state index contributed by atoms with van der Waals surface area (Å²) >= 11 is 1.30. The summed E-state index contributed by atoms with van der Waals surface area (Å²) in [5.41, 5.74) is 7.56. The molecule has 23 heavy (non-hydrogen) atoms. The first-order valence-electron chi connectivity index (χ1n) is 6.74. The molecule has 0 bridgehead atoms. The molecule has 8 heteroatoms. The topological polar surface area (TPSA) is 98.5 Å². The van der Waals surface area contributed by atoms with Gasteiger partial charge in [-0.3, -0.25) is 14.8 Å². The average molecular weight is 322 g/mol. The number of rotatable bonds is 2. The van der Waals surface area contributed by atoms with Crippen molar-refractivity contribution in [1.82, 2.24) is 19.6 Å². The van der Waals surface area contributed by atoms with Gasteiger partial charge in [-0.25, -0.2) is 0 Å². The Morgan fingerprint density at radius 1 is 1.26 bits per heavy atom. The lowest BCUT2D eigenvalue weighted by Gasteiger charge is -2.01. The van der Waals surface area contributed by atoms with E-state index in [1.165, 1.54) is 15.9 Å². The second kappa shape index (κ2) is 5.25. The van der Waals surface area contributed by atoms with Crippen LogP contribution in [0.5, 0.6) is 0 Å². The molecule has 0 aliphatic carbocycles. The van der Waals surface area contributed by atoms with E-state index in [2.05, 4.69) is 20.1 Å². The van der Waals surface area contributed by atoms with Crippen LogP contribution in [-0.2, 0) is 0 Å². The van der Waals surface area contributed by atoms with Gasteiger partial charge in [0.2, 0.25) is 4.96 Å². The van der Waals surface area contributed by atoms with Crippen LogP contribution in [0.15, 0.2) is 52.2 Å². The van der Waals surface area contributed by atoms with E-state index >= 15 is 0 Å². The number of pyridine rings is 1. The van der Waals surface area contributed by atoms with Crippen molar-refractivity contribution in [2.45, 2.75) is 0 Å². The Bertz CT molecular complexity index is 1030. The van der Waals surface area contributed by atoms with Gasteiger partial charge in [-0.2, -0.15) is 14.6 Å². The summed E-state index contributed by atoms with van der Waals surface area (Å²) in [4.78, 5) is 24.8. The average Bonchev–Trinajstić information content (AvgIpc) is 3.22. The third kappa shape index (κ3) is 2.34. The Balaban J connectivity index is 1.91. The predicted octanol–water partition coefficient (Wildman–Crippen LogP) is 1.78. The van der Waals surface area contributed by atoms with E-state index in [1.54, 1.807) is 36.8 Å². The second-order valence-corrected chi connectivity index (χ2v) is 5.72. The van der Waals surface area contributed by atoms with Crippen LogP contribution in [0.2, 0.25) is 0 Å². The number of hydrogen-bond acceptors (Lipinski definition) is 7. The Kier molecular flexibility index (Phi) is 3.09. The number of fused-ring (bicyclic) bond motifs is 1. The summed E-state index contributed by atoms with van der Waals surface area (Å²) in [7, 11) is 0. The maximum atomic E-state index is 12.2. The second-order valence-electron chi connectivity index (χ2n) is 4.76. The van der Waals surface area contributed by atoms with Crippen molar-refractivity contribution in [3.63, 3.8) is 0 Å². The van der Waals surface area contributed by atoms with Crippen molar-refractivity contribution < 1.29 is 0 Å². The molecule has 3 aromatic rings. The van der Waals surface area contributed by atoms with Crippen molar-refractivity contribution in [3.8, 4) is 10.6 Å².